The molecule has 6 fully saturated rings. The molecule has 25 nitrogen and oxygen atoms in total. The summed E-state index contributed by atoms with van der Waals surface area (Å²) in [6, 6.07) is -6.71. The van der Waals surface area contributed by atoms with E-state index >= 15 is 0 Å². The standard InChI is InChI=1S/C30H55N5O20/c31-11-22(42)17(37)7-2-48-28-13(33)24(44)19(39)9(54-28)4-50-30-15(35)25(45)20(40)10(55-30)5-49-29-14(34)23(43)18(38)8(53-29)3-47-27-12(32)21(41)16(36)6(51-27)1-46-26(11)52-7/h6-30,36-45H,1-5,31-35H2/t6-,7-,8-,9-,10-,11-,12-,13-,14-,15-,16-,17-,18-,19-,20-,21-,22-,23-,24-,25-,26-,27-,28-,29-,30-/m1/s1. The summed E-state index contributed by atoms with van der Waals surface area (Å²) >= 11 is 0. The second-order valence-corrected chi connectivity index (χ2v) is 14.7. The second-order valence-electron chi connectivity index (χ2n) is 14.7. The lowest BCUT2D eigenvalue weighted by Gasteiger charge is -2.45. The van der Waals surface area contributed by atoms with Gasteiger partial charge in [0.15, 0.2) is 31.5 Å². The Morgan fingerprint density at radius 2 is 0.400 bits per heavy atom. The molecule has 20 N–H and O–H groups in total. The minimum absolute atomic E-state index is 0.525. The summed E-state index contributed by atoms with van der Waals surface area (Å²) in [4.78, 5) is 0. The number of ether oxygens (including phenoxy) is 10. The Morgan fingerprint density at radius 3 is 0.545 bits per heavy atom. The van der Waals surface area contributed by atoms with E-state index in [4.69, 9.17) is 76.0 Å². The predicted molar refractivity (Wildman–Crippen MR) is 173 cm³/mol. The first-order chi connectivity index (χ1) is 26.0. The minimum atomic E-state index is -1.63. The number of nitrogens with two attached hydrogens (primary N) is 5. The fourth-order valence-electron chi connectivity index (χ4n) is 7.15. The zero-order valence-corrected chi connectivity index (χ0v) is 29.4. The first-order valence-corrected chi connectivity index (χ1v) is 17.9. The molecule has 10 bridgehead atoms. The second kappa shape index (κ2) is 18.1. The maximum absolute atomic E-state index is 10.8. The molecule has 0 spiro atoms. The SMILES string of the molecule is N[C@H]1[C@@H]2OC[C@H]3O[C@@H](OC[C@H]4O[C@@H](OC[C@H]5O[C@@H](OC[C@H]6O[C@@H](OC[C@@H](O2)[C@@H](O)[C@@H]1O)[C@H](N)[C@@H](O)[C@@H]6O)[C@H](N)[C@@H](O)[C@@H]5O)[C@H](N)[C@@H](O)[C@@H]4O)[C@H](N)[C@@H](O)[C@@H]3O. The van der Waals surface area contributed by atoms with Crippen molar-refractivity contribution in [1.29, 1.82) is 0 Å². The summed E-state index contributed by atoms with van der Waals surface area (Å²) in [5, 5.41) is 107. The van der Waals surface area contributed by atoms with E-state index in [1.807, 2.05) is 0 Å². The van der Waals surface area contributed by atoms with E-state index in [-0.39, 0.29) is 0 Å². The highest BCUT2D eigenvalue weighted by Gasteiger charge is 2.51. The van der Waals surface area contributed by atoms with Gasteiger partial charge in [0.1, 0.15) is 91.6 Å². The highest BCUT2D eigenvalue weighted by Crippen LogP contribution is 2.30. The van der Waals surface area contributed by atoms with Gasteiger partial charge in [0, 0.05) is 0 Å². The molecule has 0 aromatic heterocycles. The van der Waals surface area contributed by atoms with Crippen molar-refractivity contribution in [2.75, 3.05) is 33.0 Å². The van der Waals surface area contributed by atoms with Crippen LogP contribution in [-0.4, -0.2) is 237 Å². The molecule has 0 saturated carbocycles. The van der Waals surface area contributed by atoms with Crippen LogP contribution in [0.4, 0.5) is 0 Å². The van der Waals surface area contributed by atoms with Crippen LogP contribution >= 0.6 is 0 Å². The Balaban J connectivity index is 1.24. The first-order valence-electron chi connectivity index (χ1n) is 17.9. The highest BCUT2D eigenvalue weighted by atomic mass is 16.8. The third-order valence-electron chi connectivity index (χ3n) is 10.9. The normalized spacial score (nSPS) is 56.5. The zero-order chi connectivity index (χ0) is 40.0. The van der Waals surface area contributed by atoms with Crippen LogP contribution in [0.2, 0.25) is 0 Å². The molecule has 6 aliphatic rings. The van der Waals surface area contributed by atoms with Crippen LogP contribution < -0.4 is 28.7 Å². The molecule has 25 atom stereocenters. The van der Waals surface area contributed by atoms with Crippen molar-refractivity contribution in [3.63, 3.8) is 0 Å². The molecule has 6 heterocycles. The van der Waals surface area contributed by atoms with Crippen LogP contribution in [0.3, 0.4) is 0 Å². The minimum Gasteiger partial charge on any atom is -0.388 e. The van der Waals surface area contributed by atoms with E-state index in [0.717, 1.165) is 0 Å². The molecular formula is C30H55N5O20. The fourth-order valence-corrected chi connectivity index (χ4v) is 7.15. The van der Waals surface area contributed by atoms with Crippen LogP contribution in [0.5, 0.6) is 0 Å². The number of hydrogen-bond acceptors (Lipinski definition) is 25. The fraction of sp³-hybridized carbons (Fsp3) is 1.00. The average molecular weight is 806 g/mol. The molecule has 0 aliphatic carbocycles. The Bertz CT molecular complexity index is 952. The molecule has 320 valence electrons. The van der Waals surface area contributed by atoms with Gasteiger partial charge in [-0.15, -0.1) is 0 Å². The third kappa shape index (κ3) is 8.97. The average Bonchev–Trinajstić information content (AvgIpc) is 3.17. The van der Waals surface area contributed by atoms with Crippen LogP contribution in [0.1, 0.15) is 0 Å². The summed E-state index contributed by atoms with van der Waals surface area (Å²) < 4.78 is 57.6. The lowest BCUT2D eigenvalue weighted by molar-refractivity contribution is -0.318. The number of rotatable bonds is 0. The molecule has 0 aromatic carbocycles. The van der Waals surface area contributed by atoms with Gasteiger partial charge in [-0.3, -0.25) is 0 Å². The number of aliphatic hydroxyl groups excluding tert-OH is 10. The first kappa shape index (κ1) is 43.6. The van der Waals surface area contributed by atoms with Gasteiger partial charge in [-0.1, -0.05) is 0 Å². The van der Waals surface area contributed by atoms with Crippen molar-refractivity contribution < 1.29 is 98.4 Å². The van der Waals surface area contributed by atoms with Crippen LogP contribution in [-0.2, 0) is 47.4 Å². The third-order valence-corrected chi connectivity index (χ3v) is 10.9. The van der Waals surface area contributed by atoms with E-state index in [0.29, 0.717) is 0 Å². The van der Waals surface area contributed by atoms with Gasteiger partial charge in [-0.2, -0.15) is 0 Å². The van der Waals surface area contributed by atoms with Crippen LogP contribution in [0.15, 0.2) is 0 Å². The maximum Gasteiger partial charge on any atom is 0.175 e. The van der Waals surface area contributed by atoms with E-state index in [1.165, 1.54) is 0 Å². The summed E-state index contributed by atoms with van der Waals surface area (Å²) in [5.41, 5.74) is 30.4. The predicted octanol–water partition coefficient (Wildman–Crippen LogP) is -11.0. The van der Waals surface area contributed by atoms with Gasteiger partial charge in [-0.25, -0.2) is 0 Å². The molecule has 55 heavy (non-hydrogen) atoms. The van der Waals surface area contributed by atoms with Gasteiger partial charge >= 0.3 is 0 Å². The van der Waals surface area contributed by atoms with E-state index < -0.39 is 186 Å². The van der Waals surface area contributed by atoms with Crippen molar-refractivity contribution in [3.8, 4) is 0 Å². The molecule has 25 heteroatoms. The molecule has 0 amide bonds. The molecular weight excluding hydrogens is 750 g/mol. The van der Waals surface area contributed by atoms with Crippen molar-refractivity contribution in [2.24, 2.45) is 28.7 Å². The number of hydrogen-bond donors (Lipinski definition) is 15. The van der Waals surface area contributed by atoms with Gasteiger partial charge in [-0.05, 0) is 0 Å². The maximum atomic E-state index is 10.8. The van der Waals surface area contributed by atoms with E-state index in [1.54, 1.807) is 0 Å². The molecule has 6 saturated heterocycles. The Hall–Kier alpha value is -1.00. The lowest BCUT2D eigenvalue weighted by atomic mass is 9.96. The number of aliphatic hydroxyl groups is 10. The van der Waals surface area contributed by atoms with Crippen LogP contribution in [0, 0.1) is 0 Å². The molecule has 6 rings (SSSR count). The molecule has 6 aliphatic heterocycles. The topological polar surface area (TPSA) is 425 Å². The Kier molecular flexibility index (Phi) is 14.3. The summed E-state index contributed by atoms with van der Waals surface area (Å²) in [6.07, 6.45) is -30.3. The number of fused-ring (bicyclic) bond motifs is 10. The van der Waals surface area contributed by atoms with Crippen LogP contribution in [0.25, 0.3) is 0 Å². The van der Waals surface area contributed by atoms with Gasteiger partial charge in [0.05, 0.1) is 63.2 Å². The molecule has 0 radical (unpaired) electrons. The van der Waals surface area contributed by atoms with Crippen molar-refractivity contribution in [3.05, 3.63) is 0 Å². The van der Waals surface area contributed by atoms with Gasteiger partial charge in [0.25, 0.3) is 0 Å². The van der Waals surface area contributed by atoms with Gasteiger partial charge in [0.2, 0.25) is 0 Å². The highest BCUT2D eigenvalue weighted by molar-refractivity contribution is 4.98. The van der Waals surface area contributed by atoms with E-state index in [2.05, 4.69) is 0 Å². The molecule has 0 aromatic rings. The van der Waals surface area contributed by atoms with E-state index in [9.17, 15) is 51.1 Å². The monoisotopic (exact) mass is 805 g/mol. The Labute approximate surface area is 313 Å². The lowest BCUT2D eigenvalue weighted by Crippen LogP contribution is -2.66. The van der Waals surface area contributed by atoms with Crippen molar-refractivity contribution in [2.45, 2.75) is 153 Å². The van der Waals surface area contributed by atoms with Gasteiger partial charge < -0.3 is 127 Å². The molecule has 0 unspecified atom stereocenters. The largest absolute Gasteiger partial charge is 0.388 e. The zero-order valence-electron chi connectivity index (χ0n) is 29.4. The quantitative estimate of drug-likeness (QED) is 0.108. The van der Waals surface area contributed by atoms with Crippen molar-refractivity contribution >= 4 is 0 Å². The Morgan fingerprint density at radius 1 is 0.255 bits per heavy atom. The summed E-state index contributed by atoms with van der Waals surface area (Å²) in [6.45, 7) is -2.63. The smallest absolute Gasteiger partial charge is 0.175 e. The summed E-state index contributed by atoms with van der Waals surface area (Å²) in [5.74, 6) is 0. The summed E-state index contributed by atoms with van der Waals surface area (Å²) in [7, 11) is 0. The van der Waals surface area contributed by atoms with Crippen molar-refractivity contribution in [1.82, 2.24) is 0 Å².